The second-order valence-corrected chi connectivity index (χ2v) is 6.24. The summed E-state index contributed by atoms with van der Waals surface area (Å²) in [4.78, 5) is 4.52. The first kappa shape index (κ1) is 20.2. The van der Waals surface area contributed by atoms with Crippen molar-refractivity contribution < 1.29 is 9.26 Å². The molecule has 0 aliphatic carbocycles. The molecular formula is C19H21Cl2N3O2. The number of hydrogen-bond donors (Lipinski definition) is 1. The van der Waals surface area contributed by atoms with Crippen molar-refractivity contribution in [2.75, 3.05) is 7.05 Å². The maximum absolute atomic E-state index is 6.12. The molecule has 2 aromatic carbocycles. The van der Waals surface area contributed by atoms with E-state index in [0.29, 0.717) is 28.9 Å². The molecule has 1 aromatic heterocycles. The molecule has 138 valence electrons. The van der Waals surface area contributed by atoms with Crippen LogP contribution in [-0.4, -0.2) is 23.2 Å². The highest BCUT2D eigenvalue weighted by Crippen LogP contribution is 2.28. The Morgan fingerprint density at radius 2 is 1.81 bits per heavy atom. The maximum atomic E-state index is 6.12. The van der Waals surface area contributed by atoms with E-state index in [4.69, 9.17) is 20.9 Å². The molecule has 0 aliphatic rings. The highest BCUT2D eigenvalue weighted by Gasteiger charge is 2.23. The number of nitrogens with one attached hydrogen (secondary N) is 1. The van der Waals surface area contributed by atoms with Crippen molar-refractivity contribution in [1.29, 1.82) is 0 Å². The monoisotopic (exact) mass is 393 g/mol. The zero-order valence-corrected chi connectivity index (χ0v) is 16.1. The molecule has 0 bridgehead atoms. The Hall–Kier alpha value is -2.08. The fraction of sp³-hybridized carbons (Fsp3) is 0.263. The lowest BCUT2D eigenvalue weighted by Crippen LogP contribution is -2.24. The molecule has 0 amide bonds. The highest BCUT2D eigenvalue weighted by atomic mass is 35.5. The smallest absolute Gasteiger partial charge is 0.272 e. The summed E-state index contributed by atoms with van der Waals surface area (Å²) < 4.78 is 11.6. The van der Waals surface area contributed by atoms with E-state index in [0.717, 1.165) is 5.56 Å². The first-order valence-electron chi connectivity index (χ1n) is 8.12. The van der Waals surface area contributed by atoms with E-state index in [1.807, 2.05) is 49.5 Å². The Morgan fingerprint density at radius 1 is 1.12 bits per heavy atom. The van der Waals surface area contributed by atoms with Crippen LogP contribution in [0.25, 0.3) is 0 Å². The fourth-order valence-corrected chi connectivity index (χ4v) is 2.50. The van der Waals surface area contributed by atoms with E-state index in [1.165, 1.54) is 0 Å². The van der Waals surface area contributed by atoms with Crippen LogP contribution in [-0.2, 0) is 6.42 Å². The van der Waals surface area contributed by atoms with Gasteiger partial charge < -0.3 is 14.6 Å². The molecule has 26 heavy (non-hydrogen) atoms. The van der Waals surface area contributed by atoms with Crippen molar-refractivity contribution in [2.45, 2.75) is 25.5 Å². The summed E-state index contributed by atoms with van der Waals surface area (Å²) in [5.74, 6) is 1.76. The minimum absolute atomic E-state index is 0. The molecule has 1 heterocycles. The van der Waals surface area contributed by atoms with Crippen LogP contribution in [0.15, 0.2) is 59.1 Å². The van der Waals surface area contributed by atoms with Crippen molar-refractivity contribution in [1.82, 2.24) is 15.5 Å². The molecule has 0 saturated heterocycles. The Balaban J connectivity index is 0.00000243. The van der Waals surface area contributed by atoms with Gasteiger partial charge in [-0.25, -0.2) is 0 Å². The van der Waals surface area contributed by atoms with Crippen LogP contribution < -0.4 is 10.1 Å². The molecule has 2 unspecified atom stereocenters. The van der Waals surface area contributed by atoms with Crippen LogP contribution in [0.3, 0.4) is 0 Å². The van der Waals surface area contributed by atoms with Crippen LogP contribution in [0, 0.1) is 0 Å². The van der Waals surface area contributed by atoms with Crippen molar-refractivity contribution in [2.24, 2.45) is 0 Å². The molecule has 0 saturated carbocycles. The van der Waals surface area contributed by atoms with Gasteiger partial charge in [0, 0.05) is 23.0 Å². The average molecular weight is 394 g/mol. The Labute approximate surface area is 164 Å². The molecule has 7 heteroatoms. The molecule has 0 radical (unpaired) electrons. The minimum Gasteiger partial charge on any atom is -0.476 e. The van der Waals surface area contributed by atoms with Gasteiger partial charge in [0.1, 0.15) is 5.75 Å². The van der Waals surface area contributed by atoms with Gasteiger partial charge in [0.25, 0.3) is 5.89 Å². The van der Waals surface area contributed by atoms with Gasteiger partial charge in [-0.2, -0.15) is 4.98 Å². The number of aromatic nitrogens is 2. The van der Waals surface area contributed by atoms with E-state index in [2.05, 4.69) is 22.4 Å². The number of benzene rings is 2. The Kier molecular flexibility index (Phi) is 7.45. The molecule has 1 N–H and O–H groups in total. The molecule has 3 aromatic rings. The summed E-state index contributed by atoms with van der Waals surface area (Å²) >= 11 is 5.95. The third-order valence-electron chi connectivity index (χ3n) is 3.86. The van der Waals surface area contributed by atoms with Crippen LogP contribution >= 0.6 is 24.0 Å². The van der Waals surface area contributed by atoms with E-state index in [-0.39, 0.29) is 18.4 Å². The molecule has 3 rings (SSSR count). The lowest BCUT2D eigenvalue weighted by atomic mass is 10.1. The topological polar surface area (TPSA) is 60.2 Å². The second kappa shape index (κ2) is 9.57. The molecule has 0 spiro atoms. The summed E-state index contributed by atoms with van der Waals surface area (Å²) in [5, 5.41) is 7.90. The SMILES string of the molecule is CNC(C)Cc1noc(C(Oc2ccc(Cl)cc2)c2ccccc2)n1.Cl. The third-order valence-corrected chi connectivity index (χ3v) is 4.11. The third kappa shape index (κ3) is 5.21. The standard InChI is InChI=1S/C19H20ClN3O2.ClH/c1-13(21-2)12-17-22-19(25-23-17)18(14-6-4-3-5-7-14)24-16-10-8-15(20)9-11-16;/h3-11,13,18,21H,12H2,1-2H3;1H. The zero-order chi connectivity index (χ0) is 17.6. The average Bonchev–Trinajstić information content (AvgIpc) is 3.10. The molecule has 0 fully saturated rings. The van der Waals surface area contributed by atoms with Gasteiger partial charge in [-0.1, -0.05) is 47.1 Å². The van der Waals surface area contributed by atoms with Gasteiger partial charge in [0.2, 0.25) is 6.10 Å². The largest absolute Gasteiger partial charge is 0.476 e. The lowest BCUT2D eigenvalue weighted by Gasteiger charge is -2.16. The summed E-state index contributed by atoms with van der Waals surface area (Å²) in [5.41, 5.74) is 0.939. The van der Waals surface area contributed by atoms with E-state index in [1.54, 1.807) is 12.1 Å². The van der Waals surface area contributed by atoms with Gasteiger partial charge in [0.05, 0.1) is 0 Å². The van der Waals surface area contributed by atoms with Crippen LogP contribution in [0.4, 0.5) is 0 Å². The lowest BCUT2D eigenvalue weighted by molar-refractivity contribution is 0.193. The number of nitrogens with zero attached hydrogens (tertiary/aromatic N) is 2. The van der Waals surface area contributed by atoms with Gasteiger partial charge in [-0.15, -0.1) is 12.4 Å². The minimum atomic E-state index is -0.478. The first-order valence-corrected chi connectivity index (χ1v) is 8.50. The van der Waals surface area contributed by atoms with Gasteiger partial charge in [-0.05, 0) is 38.2 Å². The van der Waals surface area contributed by atoms with Crippen LogP contribution in [0.2, 0.25) is 5.02 Å². The van der Waals surface area contributed by atoms with Gasteiger partial charge >= 0.3 is 0 Å². The number of rotatable bonds is 7. The number of likely N-dealkylation sites (N-methyl/N-ethyl adjacent to an activating group) is 1. The summed E-state index contributed by atoms with van der Waals surface area (Å²) in [6, 6.07) is 17.3. The predicted molar refractivity (Wildman–Crippen MR) is 104 cm³/mol. The van der Waals surface area contributed by atoms with Crippen molar-refractivity contribution in [3.05, 3.63) is 76.9 Å². The second-order valence-electron chi connectivity index (χ2n) is 5.81. The van der Waals surface area contributed by atoms with Crippen LogP contribution in [0.1, 0.15) is 30.3 Å². The van der Waals surface area contributed by atoms with Crippen molar-refractivity contribution in [3.8, 4) is 5.75 Å². The Bertz CT molecular complexity index is 794. The van der Waals surface area contributed by atoms with E-state index in [9.17, 15) is 0 Å². The Morgan fingerprint density at radius 3 is 2.46 bits per heavy atom. The molecule has 5 nitrogen and oxygen atoms in total. The summed E-state index contributed by atoms with van der Waals surface area (Å²) in [7, 11) is 1.90. The van der Waals surface area contributed by atoms with Crippen molar-refractivity contribution in [3.63, 3.8) is 0 Å². The fourth-order valence-electron chi connectivity index (χ4n) is 2.37. The number of ether oxygens (including phenoxy) is 1. The normalized spacial score (nSPS) is 12.9. The molecule has 2 atom stereocenters. The first-order chi connectivity index (χ1) is 12.2. The molecular weight excluding hydrogens is 373 g/mol. The molecule has 0 aliphatic heterocycles. The quantitative estimate of drug-likeness (QED) is 0.641. The van der Waals surface area contributed by atoms with Gasteiger partial charge in [-0.3, -0.25) is 0 Å². The zero-order valence-electron chi connectivity index (χ0n) is 14.6. The summed E-state index contributed by atoms with van der Waals surface area (Å²) in [6.45, 7) is 2.06. The van der Waals surface area contributed by atoms with Crippen molar-refractivity contribution >= 4 is 24.0 Å². The number of hydrogen-bond acceptors (Lipinski definition) is 5. The maximum Gasteiger partial charge on any atom is 0.272 e. The van der Waals surface area contributed by atoms with Crippen LogP contribution in [0.5, 0.6) is 5.75 Å². The highest BCUT2D eigenvalue weighted by molar-refractivity contribution is 6.30. The number of halogens is 2. The van der Waals surface area contributed by atoms with Gasteiger partial charge in [0.15, 0.2) is 5.82 Å². The summed E-state index contributed by atoms with van der Waals surface area (Å²) in [6.07, 6.45) is 0.205. The predicted octanol–water partition coefficient (Wildman–Crippen LogP) is 4.46. The van der Waals surface area contributed by atoms with E-state index < -0.39 is 6.10 Å². The van der Waals surface area contributed by atoms with E-state index >= 15 is 0 Å².